The molecule has 0 radical (unpaired) electrons. The average Bonchev–Trinajstić information content (AvgIpc) is 3.57. The number of hydrogen-bond acceptors (Lipinski definition) is 7. The Bertz CT molecular complexity index is 1310. The van der Waals surface area contributed by atoms with Gasteiger partial charge in [-0.1, -0.05) is 30.6 Å². The van der Waals surface area contributed by atoms with Crippen molar-refractivity contribution in [3.05, 3.63) is 74.5 Å². The highest BCUT2D eigenvalue weighted by atomic mass is 32.1. The van der Waals surface area contributed by atoms with E-state index in [1.807, 2.05) is 18.4 Å². The third kappa shape index (κ3) is 5.46. The maximum absolute atomic E-state index is 13.9. The van der Waals surface area contributed by atoms with Crippen LogP contribution in [-0.4, -0.2) is 47.2 Å². The van der Waals surface area contributed by atoms with Crippen molar-refractivity contribution in [2.24, 2.45) is 0 Å². The van der Waals surface area contributed by atoms with Gasteiger partial charge in [-0.25, -0.2) is 9.78 Å². The fourth-order valence-electron chi connectivity index (χ4n) is 3.88. The molecule has 0 saturated heterocycles. The standard InChI is InChI=1S/C24H27N7O3S/c1-4-5-6-21-25-12-20(30(21)13-17-7-9-18(10-8-17)23(33)34)22(32)31(24-26-28-29-27-24)14-19-11-15(2)35-16(19)3/h7-12H,4-6,13-14H2,1-3H3,(H,33,34)(H,26,27,28,29). The molecule has 10 nitrogen and oxygen atoms in total. The molecule has 0 fully saturated rings. The summed E-state index contributed by atoms with van der Waals surface area (Å²) in [6, 6.07) is 8.71. The molecular formula is C24H27N7O3S. The van der Waals surface area contributed by atoms with Gasteiger partial charge >= 0.3 is 5.97 Å². The number of anilines is 1. The van der Waals surface area contributed by atoms with Gasteiger partial charge in [0, 0.05) is 22.7 Å². The Morgan fingerprint density at radius 3 is 2.57 bits per heavy atom. The number of aromatic carboxylic acids is 1. The first kappa shape index (κ1) is 24.3. The zero-order chi connectivity index (χ0) is 24.9. The van der Waals surface area contributed by atoms with E-state index >= 15 is 0 Å². The Morgan fingerprint density at radius 1 is 1.20 bits per heavy atom. The molecule has 3 heterocycles. The Morgan fingerprint density at radius 2 is 1.97 bits per heavy atom. The van der Waals surface area contributed by atoms with Gasteiger partial charge in [0.2, 0.25) is 0 Å². The highest BCUT2D eigenvalue weighted by Gasteiger charge is 2.27. The van der Waals surface area contributed by atoms with Gasteiger partial charge in [-0.05, 0) is 54.8 Å². The number of hydrogen-bond donors (Lipinski definition) is 2. The lowest BCUT2D eigenvalue weighted by Crippen LogP contribution is -2.33. The number of imidazole rings is 1. The van der Waals surface area contributed by atoms with E-state index < -0.39 is 5.97 Å². The molecule has 0 aliphatic heterocycles. The van der Waals surface area contributed by atoms with Crippen LogP contribution in [-0.2, 0) is 19.5 Å². The number of aromatic amines is 1. The molecule has 1 aromatic carbocycles. The van der Waals surface area contributed by atoms with Crippen molar-refractivity contribution in [3.63, 3.8) is 0 Å². The molecule has 0 unspecified atom stereocenters. The number of rotatable bonds is 10. The van der Waals surface area contributed by atoms with Gasteiger partial charge in [0.05, 0.1) is 18.3 Å². The molecule has 0 aliphatic rings. The molecule has 182 valence electrons. The minimum absolute atomic E-state index is 0.187. The lowest BCUT2D eigenvalue weighted by Gasteiger charge is -2.20. The number of carboxylic acids is 1. The van der Waals surface area contributed by atoms with Crippen molar-refractivity contribution >= 4 is 29.2 Å². The SMILES string of the molecule is CCCCc1ncc(C(=O)N(Cc2cc(C)sc2C)c2nn[nH]n2)n1Cc1ccc(C(=O)O)cc1. The third-order valence-electron chi connectivity index (χ3n) is 5.75. The molecule has 11 heteroatoms. The quantitative estimate of drug-likeness (QED) is 0.341. The van der Waals surface area contributed by atoms with E-state index in [9.17, 15) is 14.7 Å². The van der Waals surface area contributed by atoms with Gasteiger partial charge in [0.15, 0.2) is 0 Å². The minimum Gasteiger partial charge on any atom is -0.478 e. The Hall–Kier alpha value is -3.86. The van der Waals surface area contributed by atoms with Gasteiger partial charge < -0.3 is 9.67 Å². The lowest BCUT2D eigenvalue weighted by atomic mass is 10.1. The van der Waals surface area contributed by atoms with Crippen LogP contribution in [0.25, 0.3) is 0 Å². The van der Waals surface area contributed by atoms with Crippen molar-refractivity contribution in [2.75, 3.05) is 4.90 Å². The predicted molar refractivity (Wildman–Crippen MR) is 132 cm³/mol. The fourth-order valence-corrected chi connectivity index (χ4v) is 4.82. The lowest BCUT2D eigenvalue weighted by molar-refractivity contribution is 0.0696. The van der Waals surface area contributed by atoms with Crippen molar-refractivity contribution in [2.45, 2.75) is 53.1 Å². The molecule has 2 N–H and O–H groups in total. The number of aryl methyl sites for hydroxylation is 3. The van der Waals surface area contributed by atoms with Crippen molar-refractivity contribution in [1.29, 1.82) is 0 Å². The van der Waals surface area contributed by atoms with Gasteiger partial charge in [0.1, 0.15) is 11.5 Å². The molecule has 0 spiro atoms. The summed E-state index contributed by atoms with van der Waals surface area (Å²) in [5.41, 5.74) is 2.52. The van der Waals surface area contributed by atoms with Gasteiger partial charge in [-0.2, -0.15) is 5.21 Å². The second-order valence-corrected chi connectivity index (χ2v) is 9.75. The fraction of sp³-hybridized carbons (Fsp3) is 0.333. The number of thiophene rings is 1. The monoisotopic (exact) mass is 493 g/mol. The van der Waals surface area contributed by atoms with Crippen LogP contribution in [0.2, 0.25) is 0 Å². The minimum atomic E-state index is -0.978. The zero-order valence-corrected chi connectivity index (χ0v) is 20.7. The summed E-state index contributed by atoms with van der Waals surface area (Å²) in [5, 5.41) is 23.4. The highest BCUT2D eigenvalue weighted by Crippen LogP contribution is 2.25. The molecule has 3 aromatic heterocycles. The van der Waals surface area contributed by atoms with Gasteiger partial charge in [0.25, 0.3) is 11.9 Å². The second kappa shape index (κ2) is 10.6. The van der Waals surface area contributed by atoms with E-state index in [-0.39, 0.29) is 17.4 Å². The summed E-state index contributed by atoms with van der Waals surface area (Å²) in [5.74, 6) is -0.277. The number of carboxylic acid groups (broad SMARTS) is 1. The van der Waals surface area contributed by atoms with E-state index in [4.69, 9.17) is 0 Å². The van der Waals surface area contributed by atoms with E-state index in [0.29, 0.717) is 18.8 Å². The van der Waals surface area contributed by atoms with E-state index in [2.05, 4.69) is 38.6 Å². The highest BCUT2D eigenvalue weighted by molar-refractivity contribution is 7.12. The predicted octanol–water partition coefficient (Wildman–Crippen LogP) is 4.01. The molecule has 0 aliphatic carbocycles. The molecule has 4 rings (SSSR count). The van der Waals surface area contributed by atoms with Gasteiger partial charge in [-0.15, -0.1) is 16.4 Å². The number of nitrogens with zero attached hydrogens (tertiary/aromatic N) is 6. The largest absolute Gasteiger partial charge is 0.478 e. The first-order chi connectivity index (χ1) is 16.9. The van der Waals surface area contributed by atoms with Crippen molar-refractivity contribution in [3.8, 4) is 0 Å². The number of unbranched alkanes of at least 4 members (excludes halogenated alkanes) is 1. The summed E-state index contributed by atoms with van der Waals surface area (Å²) in [6.45, 7) is 6.85. The molecule has 1 amide bonds. The average molecular weight is 494 g/mol. The number of nitrogens with one attached hydrogen (secondary N) is 1. The van der Waals surface area contributed by atoms with Crippen LogP contribution < -0.4 is 4.90 Å². The number of tetrazole rings is 1. The van der Waals surface area contributed by atoms with Crippen LogP contribution in [0, 0.1) is 13.8 Å². The number of benzene rings is 1. The molecule has 0 bridgehead atoms. The van der Waals surface area contributed by atoms with Crippen LogP contribution in [0.5, 0.6) is 0 Å². The summed E-state index contributed by atoms with van der Waals surface area (Å²) in [7, 11) is 0. The van der Waals surface area contributed by atoms with Gasteiger partial charge in [-0.3, -0.25) is 9.69 Å². The number of H-pyrrole nitrogens is 1. The maximum Gasteiger partial charge on any atom is 0.335 e. The molecular weight excluding hydrogens is 466 g/mol. The Labute approximate surface area is 206 Å². The molecule has 0 saturated carbocycles. The van der Waals surface area contributed by atoms with Crippen LogP contribution in [0.1, 0.15) is 67.3 Å². The van der Waals surface area contributed by atoms with Crippen molar-refractivity contribution in [1.82, 2.24) is 30.2 Å². The Balaban J connectivity index is 1.70. The van der Waals surface area contributed by atoms with Crippen LogP contribution >= 0.6 is 11.3 Å². The normalized spacial score (nSPS) is 11.1. The number of aromatic nitrogens is 6. The number of amides is 1. The first-order valence-corrected chi connectivity index (χ1v) is 12.2. The van der Waals surface area contributed by atoms with E-state index in [1.54, 1.807) is 41.8 Å². The van der Waals surface area contributed by atoms with Crippen LogP contribution in [0.3, 0.4) is 0 Å². The zero-order valence-electron chi connectivity index (χ0n) is 19.9. The summed E-state index contributed by atoms with van der Waals surface area (Å²) < 4.78 is 1.90. The second-order valence-electron chi connectivity index (χ2n) is 8.29. The number of carbonyl (C=O) groups excluding carboxylic acids is 1. The van der Waals surface area contributed by atoms with Crippen molar-refractivity contribution < 1.29 is 14.7 Å². The molecule has 35 heavy (non-hydrogen) atoms. The Kier molecular flexibility index (Phi) is 7.35. The first-order valence-electron chi connectivity index (χ1n) is 11.3. The summed E-state index contributed by atoms with van der Waals surface area (Å²) >= 11 is 1.68. The summed E-state index contributed by atoms with van der Waals surface area (Å²) in [4.78, 5) is 33.5. The topological polar surface area (TPSA) is 130 Å². The smallest absolute Gasteiger partial charge is 0.335 e. The summed E-state index contributed by atoms with van der Waals surface area (Å²) in [6.07, 6.45) is 4.25. The van der Waals surface area contributed by atoms with E-state index in [0.717, 1.165) is 46.0 Å². The number of carbonyl (C=O) groups is 2. The van der Waals surface area contributed by atoms with E-state index in [1.165, 1.54) is 4.90 Å². The molecule has 4 aromatic rings. The van der Waals surface area contributed by atoms with Crippen LogP contribution in [0.15, 0.2) is 36.5 Å². The maximum atomic E-state index is 13.9. The molecule has 0 atom stereocenters. The third-order valence-corrected chi connectivity index (χ3v) is 6.75. The van der Waals surface area contributed by atoms with Crippen LogP contribution in [0.4, 0.5) is 5.95 Å².